The molecular weight excluding hydrogens is 260 g/mol. The van der Waals surface area contributed by atoms with Gasteiger partial charge in [-0.15, -0.1) is 0 Å². The molecule has 1 N–H and O–H groups in total. The van der Waals surface area contributed by atoms with Crippen LogP contribution in [0.15, 0.2) is 24.3 Å². The van der Waals surface area contributed by atoms with Crippen LogP contribution < -0.4 is 5.32 Å². The Kier molecular flexibility index (Phi) is 5.80. The molecule has 1 heterocycles. The minimum atomic E-state index is 0.116. The van der Waals surface area contributed by atoms with Gasteiger partial charge >= 0.3 is 0 Å². The number of aryl methyl sites for hydroxylation is 1. The van der Waals surface area contributed by atoms with Gasteiger partial charge in [-0.1, -0.05) is 38.1 Å². The molecule has 3 nitrogen and oxygen atoms in total. The molecule has 2 unspecified atom stereocenters. The summed E-state index contributed by atoms with van der Waals surface area (Å²) < 4.78 is 5.53. The van der Waals surface area contributed by atoms with E-state index in [-0.39, 0.29) is 5.54 Å². The zero-order valence-electron chi connectivity index (χ0n) is 14.0. The minimum Gasteiger partial charge on any atom is -0.379 e. The zero-order valence-corrected chi connectivity index (χ0v) is 14.0. The molecule has 1 saturated heterocycles. The van der Waals surface area contributed by atoms with Crippen molar-refractivity contribution in [2.75, 3.05) is 33.4 Å². The summed E-state index contributed by atoms with van der Waals surface area (Å²) in [5, 5.41) is 3.58. The fraction of sp³-hybridized carbons (Fsp3) is 0.667. The van der Waals surface area contributed by atoms with Crippen molar-refractivity contribution in [3.8, 4) is 0 Å². The lowest BCUT2D eigenvalue weighted by molar-refractivity contribution is -0.0319. The number of benzene rings is 1. The molecule has 0 spiro atoms. The average molecular weight is 290 g/mol. The minimum absolute atomic E-state index is 0.116. The van der Waals surface area contributed by atoms with Gasteiger partial charge in [0.2, 0.25) is 0 Å². The van der Waals surface area contributed by atoms with Gasteiger partial charge in [0.25, 0.3) is 0 Å². The van der Waals surface area contributed by atoms with Gasteiger partial charge in [-0.05, 0) is 37.9 Å². The van der Waals surface area contributed by atoms with Crippen LogP contribution in [-0.4, -0.2) is 43.8 Å². The second kappa shape index (κ2) is 7.39. The second-order valence-electron chi connectivity index (χ2n) is 6.13. The van der Waals surface area contributed by atoms with Gasteiger partial charge < -0.3 is 10.1 Å². The summed E-state index contributed by atoms with van der Waals surface area (Å²) in [4.78, 5) is 2.59. The van der Waals surface area contributed by atoms with Crippen LogP contribution >= 0.6 is 0 Å². The van der Waals surface area contributed by atoms with Crippen LogP contribution in [-0.2, 0) is 11.2 Å². The topological polar surface area (TPSA) is 24.5 Å². The predicted molar refractivity (Wildman–Crippen MR) is 88.7 cm³/mol. The van der Waals surface area contributed by atoms with Gasteiger partial charge in [-0.2, -0.15) is 0 Å². The van der Waals surface area contributed by atoms with Gasteiger partial charge in [0.1, 0.15) is 0 Å². The van der Waals surface area contributed by atoms with Crippen LogP contribution in [0, 0.1) is 0 Å². The molecular formula is C18H30N2O. The lowest BCUT2D eigenvalue weighted by atomic mass is 9.82. The van der Waals surface area contributed by atoms with E-state index in [1.54, 1.807) is 0 Å². The molecule has 1 aliphatic heterocycles. The van der Waals surface area contributed by atoms with Gasteiger partial charge in [-0.25, -0.2) is 0 Å². The van der Waals surface area contributed by atoms with E-state index < -0.39 is 0 Å². The molecule has 0 aromatic heterocycles. The third kappa shape index (κ3) is 3.47. The van der Waals surface area contributed by atoms with Gasteiger partial charge in [-0.3, -0.25) is 4.90 Å². The Morgan fingerprint density at radius 3 is 2.57 bits per heavy atom. The van der Waals surface area contributed by atoms with Gasteiger partial charge in [0, 0.05) is 18.6 Å². The highest BCUT2D eigenvalue weighted by Crippen LogP contribution is 2.35. The Bertz CT molecular complexity index is 443. The SMILES string of the molecule is CCc1cccc(C(NC)C(C)(CC)N2CCOCC2)c1. The van der Waals surface area contributed by atoms with Crippen molar-refractivity contribution in [2.45, 2.75) is 45.2 Å². The molecule has 2 atom stereocenters. The molecule has 118 valence electrons. The van der Waals surface area contributed by atoms with Crippen LogP contribution in [0.1, 0.15) is 44.4 Å². The van der Waals surface area contributed by atoms with E-state index in [0.29, 0.717) is 6.04 Å². The molecule has 21 heavy (non-hydrogen) atoms. The first-order valence-electron chi connectivity index (χ1n) is 8.24. The van der Waals surface area contributed by atoms with Crippen molar-refractivity contribution in [2.24, 2.45) is 0 Å². The number of ether oxygens (including phenoxy) is 1. The normalized spacial score (nSPS) is 21.0. The first kappa shape index (κ1) is 16.5. The molecule has 0 amide bonds. The quantitative estimate of drug-likeness (QED) is 0.871. The zero-order chi connectivity index (χ0) is 15.3. The molecule has 1 aliphatic rings. The molecule has 2 rings (SSSR count). The van der Waals surface area contributed by atoms with Crippen LogP contribution in [0.25, 0.3) is 0 Å². The van der Waals surface area contributed by atoms with Crippen LogP contribution in [0.3, 0.4) is 0 Å². The van der Waals surface area contributed by atoms with Crippen molar-refractivity contribution >= 4 is 0 Å². The number of rotatable bonds is 6. The van der Waals surface area contributed by atoms with E-state index >= 15 is 0 Å². The Labute approximate surface area is 129 Å². The summed E-state index contributed by atoms with van der Waals surface area (Å²) in [5.41, 5.74) is 2.92. The van der Waals surface area contributed by atoms with Crippen LogP contribution in [0.4, 0.5) is 0 Å². The van der Waals surface area contributed by atoms with Crippen molar-refractivity contribution in [3.63, 3.8) is 0 Å². The summed E-state index contributed by atoms with van der Waals surface area (Å²) in [5.74, 6) is 0. The van der Waals surface area contributed by atoms with E-state index in [4.69, 9.17) is 4.74 Å². The lowest BCUT2D eigenvalue weighted by Crippen LogP contribution is -2.57. The smallest absolute Gasteiger partial charge is 0.0594 e. The Morgan fingerprint density at radius 2 is 2.00 bits per heavy atom. The standard InChI is InChI=1S/C18H30N2O/c1-5-15-8-7-9-16(14-15)17(19-4)18(3,6-2)20-10-12-21-13-11-20/h7-9,14,17,19H,5-6,10-13H2,1-4H3. The van der Waals surface area contributed by atoms with Crippen LogP contribution in [0.5, 0.6) is 0 Å². The molecule has 0 aliphatic carbocycles. The third-order valence-electron chi connectivity index (χ3n) is 5.05. The molecule has 3 heteroatoms. The highest BCUT2D eigenvalue weighted by Gasteiger charge is 2.39. The average Bonchev–Trinajstić information content (AvgIpc) is 2.56. The van der Waals surface area contributed by atoms with E-state index in [1.165, 1.54) is 11.1 Å². The molecule has 0 saturated carbocycles. The summed E-state index contributed by atoms with van der Waals surface area (Å²) in [6.45, 7) is 10.6. The molecule has 0 bridgehead atoms. The fourth-order valence-corrected chi connectivity index (χ4v) is 3.51. The van der Waals surface area contributed by atoms with Gasteiger partial charge in [0.05, 0.1) is 19.3 Å². The van der Waals surface area contributed by atoms with Crippen molar-refractivity contribution in [1.82, 2.24) is 10.2 Å². The maximum atomic E-state index is 5.53. The number of nitrogens with zero attached hydrogens (tertiary/aromatic N) is 1. The summed E-state index contributed by atoms with van der Waals surface area (Å²) in [7, 11) is 2.08. The first-order chi connectivity index (χ1) is 10.2. The van der Waals surface area contributed by atoms with E-state index in [0.717, 1.165) is 39.1 Å². The lowest BCUT2D eigenvalue weighted by Gasteiger charge is -2.48. The maximum absolute atomic E-state index is 5.53. The molecule has 1 aromatic carbocycles. The van der Waals surface area contributed by atoms with Crippen molar-refractivity contribution in [3.05, 3.63) is 35.4 Å². The number of likely N-dealkylation sites (N-methyl/N-ethyl adjacent to an activating group) is 1. The number of hydrogen-bond donors (Lipinski definition) is 1. The Hall–Kier alpha value is -0.900. The van der Waals surface area contributed by atoms with Crippen molar-refractivity contribution in [1.29, 1.82) is 0 Å². The maximum Gasteiger partial charge on any atom is 0.0594 e. The van der Waals surface area contributed by atoms with E-state index in [9.17, 15) is 0 Å². The van der Waals surface area contributed by atoms with E-state index in [1.807, 2.05) is 0 Å². The first-order valence-corrected chi connectivity index (χ1v) is 8.24. The molecule has 1 fully saturated rings. The Morgan fingerprint density at radius 1 is 1.29 bits per heavy atom. The van der Waals surface area contributed by atoms with Crippen LogP contribution in [0.2, 0.25) is 0 Å². The number of hydrogen-bond acceptors (Lipinski definition) is 3. The van der Waals surface area contributed by atoms with Gasteiger partial charge in [0.15, 0.2) is 0 Å². The number of morpholine rings is 1. The molecule has 0 radical (unpaired) electrons. The monoisotopic (exact) mass is 290 g/mol. The Balaban J connectivity index is 2.31. The third-order valence-corrected chi connectivity index (χ3v) is 5.05. The molecule has 1 aromatic rings. The van der Waals surface area contributed by atoms with Crippen molar-refractivity contribution < 1.29 is 4.74 Å². The largest absolute Gasteiger partial charge is 0.379 e. The summed E-state index contributed by atoms with van der Waals surface area (Å²) in [6, 6.07) is 9.36. The highest BCUT2D eigenvalue weighted by atomic mass is 16.5. The number of nitrogens with one attached hydrogen (secondary N) is 1. The fourth-order valence-electron chi connectivity index (χ4n) is 3.51. The summed E-state index contributed by atoms with van der Waals surface area (Å²) >= 11 is 0. The predicted octanol–water partition coefficient (Wildman–Crippen LogP) is 3.01. The summed E-state index contributed by atoms with van der Waals surface area (Å²) in [6.07, 6.45) is 2.21. The highest BCUT2D eigenvalue weighted by molar-refractivity contribution is 5.28. The van der Waals surface area contributed by atoms with E-state index in [2.05, 4.69) is 62.3 Å². The second-order valence-corrected chi connectivity index (χ2v) is 6.13.